The molecule has 0 saturated carbocycles. The molecule has 3 nitrogen and oxygen atoms in total. The van der Waals surface area contributed by atoms with E-state index in [0.717, 1.165) is 16.5 Å². The maximum Gasteiger partial charge on any atom is 0.425 e. The largest absolute Gasteiger partial charge is 0.472 e. The van der Waals surface area contributed by atoms with Crippen LogP contribution in [-0.4, -0.2) is 4.98 Å². The third kappa shape index (κ3) is 4.27. The molecule has 0 bridgehead atoms. The Balaban J connectivity index is 1.72. The Bertz CT molecular complexity index is 813. The number of aryl methyl sites for hydroxylation is 1. The van der Waals surface area contributed by atoms with Crippen molar-refractivity contribution in [1.29, 1.82) is 0 Å². The average molecular weight is 371 g/mol. The molecular weight excluding hydrogens is 359 g/mol. The molecule has 3 rings (SSSR count). The van der Waals surface area contributed by atoms with Crippen LogP contribution in [0.15, 0.2) is 41.1 Å². The Labute approximate surface area is 144 Å². The predicted octanol–water partition coefficient (Wildman–Crippen LogP) is 5.90. The van der Waals surface area contributed by atoms with Gasteiger partial charge in [-0.05, 0) is 23.9 Å². The van der Waals surface area contributed by atoms with Gasteiger partial charge >= 0.3 is 6.18 Å². The van der Waals surface area contributed by atoms with E-state index in [1.165, 1.54) is 5.38 Å². The molecule has 24 heavy (non-hydrogen) atoms. The van der Waals surface area contributed by atoms with E-state index in [1.807, 2.05) is 24.4 Å². The van der Waals surface area contributed by atoms with Gasteiger partial charge in [-0.25, -0.2) is 0 Å². The molecule has 0 aliphatic rings. The Kier molecular flexibility index (Phi) is 4.77. The van der Waals surface area contributed by atoms with Gasteiger partial charge in [-0.1, -0.05) is 6.07 Å². The van der Waals surface area contributed by atoms with Crippen LogP contribution >= 0.6 is 22.7 Å². The van der Waals surface area contributed by atoms with Crippen molar-refractivity contribution in [2.75, 3.05) is 0 Å². The summed E-state index contributed by atoms with van der Waals surface area (Å²) in [6.07, 6.45) is -4.37. The summed E-state index contributed by atoms with van der Waals surface area (Å²) in [4.78, 5) is 4.52. The van der Waals surface area contributed by atoms with E-state index in [1.54, 1.807) is 23.5 Å². The maximum absolute atomic E-state index is 12.6. The molecule has 3 heterocycles. The van der Waals surface area contributed by atoms with Gasteiger partial charge in [-0.15, -0.1) is 22.7 Å². The number of nitrogens with zero attached hydrogens (tertiary/aromatic N) is 1. The van der Waals surface area contributed by atoms with Gasteiger partial charge in [-0.2, -0.15) is 18.2 Å². The molecule has 3 aromatic rings. The highest BCUT2D eigenvalue weighted by Gasteiger charge is 2.32. The van der Waals surface area contributed by atoms with Gasteiger partial charge in [0.1, 0.15) is 17.2 Å². The Morgan fingerprint density at radius 1 is 1.12 bits per heavy atom. The first-order valence-electron chi connectivity index (χ1n) is 6.87. The van der Waals surface area contributed by atoms with Crippen LogP contribution < -0.4 is 9.47 Å². The summed E-state index contributed by atoms with van der Waals surface area (Å²) in [6, 6.07) is 8.22. The van der Waals surface area contributed by atoms with Crippen LogP contribution in [0.3, 0.4) is 0 Å². The zero-order valence-electron chi connectivity index (χ0n) is 12.5. The Hall–Kier alpha value is -2.06. The summed E-state index contributed by atoms with van der Waals surface area (Å²) in [5, 5.41) is 3.25. The van der Waals surface area contributed by atoms with Gasteiger partial charge in [0.2, 0.25) is 11.8 Å². The van der Waals surface area contributed by atoms with E-state index in [2.05, 4.69) is 4.98 Å². The van der Waals surface area contributed by atoms with E-state index in [4.69, 9.17) is 9.47 Å². The number of pyridine rings is 1. The van der Waals surface area contributed by atoms with Crippen LogP contribution in [0.5, 0.6) is 17.5 Å². The molecule has 3 aromatic heterocycles. The van der Waals surface area contributed by atoms with Gasteiger partial charge < -0.3 is 9.47 Å². The molecule has 0 amide bonds. The van der Waals surface area contributed by atoms with Crippen LogP contribution in [-0.2, 0) is 12.8 Å². The zero-order chi connectivity index (χ0) is 17.2. The molecule has 0 aliphatic heterocycles. The molecule has 0 saturated heterocycles. The molecule has 0 radical (unpaired) electrons. The van der Waals surface area contributed by atoms with E-state index in [0.29, 0.717) is 23.8 Å². The lowest BCUT2D eigenvalue weighted by molar-refractivity contribution is -0.134. The van der Waals surface area contributed by atoms with Gasteiger partial charge in [0.25, 0.3) is 0 Å². The summed E-state index contributed by atoms with van der Waals surface area (Å²) in [5.74, 6) is 0.669. The fourth-order valence-corrected chi connectivity index (χ4v) is 3.21. The van der Waals surface area contributed by atoms with E-state index in [-0.39, 0.29) is 11.6 Å². The normalized spacial score (nSPS) is 11.5. The van der Waals surface area contributed by atoms with Gasteiger partial charge in [-0.3, -0.25) is 0 Å². The number of rotatable bonds is 5. The van der Waals surface area contributed by atoms with Crippen molar-refractivity contribution in [3.8, 4) is 17.5 Å². The van der Waals surface area contributed by atoms with E-state index < -0.39 is 11.1 Å². The van der Waals surface area contributed by atoms with Crippen LogP contribution in [0.1, 0.15) is 15.3 Å². The minimum atomic E-state index is -4.37. The molecule has 0 aromatic carbocycles. The number of thiophene rings is 2. The first-order chi connectivity index (χ1) is 11.4. The minimum absolute atomic E-state index is 0.106. The summed E-state index contributed by atoms with van der Waals surface area (Å²) in [6.45, 7) is 2.21. The summed E-state index contributed by atoms with van der Waals surface area (Å²) in [7, 11) is 0. The number of hydrogen-bond donors (Lipinski definition) is 0. The molecule has 0 aliphatic carbocycles. The quantitative estimate of drug-likeness (QED) is 0.559. The van der Waals surface area contributed by atoms with E-state index in [9.17, 15) is 13.2 Å². The fraction of sp³-hybridized carbons (Fsp3) is 0.188. The van der Waals surface area contributed by atoms with Crippen LogP contribution in [0, 0.1) is 6.92 Å². The lowest BCUT2D eigenvalue weighted by Crippen LogP contribution is -2.00. The van der Waals surface area contributed by atoms with Crippen molar-refractivity contribution in [2.45, 2.75) is 19.7 Å². The van der Waals surface area contributed by atoms with Crippen molar-refractivity contribution >= 4 is 22.7 Å². The molecule has 0 N–H and O–H groups in total. The first-order valence-corrected chi connectivity index (χ1v) is 8.63. The van der Waals surface area contributed by atoms with Crippen LogP contribution in [0.25, 0.3) is 0 Å². The number of alkyl halides is 3. The monoisotopic (exact) mass is 371 g/mol. The molecule has 0 unspecified atom stereocenters. The standard InChI is InChI=1S/C16H12F3NO2S2/c1-10-5-14(21-8-12-3-2-4-23-12)20-15(6-10)22-11-7-13(24-9-11)16(17,18)19/h2-7,9H,8H2,1H3. The summed E-state index contributed by atoms with van der Waals surface area (Å²) < 4.78 is 48.9. The van der Waals surface area contributed by atoms with Crippen molar-refractivity contribution in [3.05, 3.63) is 56.4 Å². The molecule has 126 valence electrons. The average Bonchev–Trinajstić information content (AvgIpc) is 3.15. The molecule has 0 fully saturated rings. The second-order valence-corrected chi connectivity index (χ2v) is 6.88. The lowest BCUT2D eigenvalue weighted by atomic mass is 10.3. The Morgan fingerprint density at radius 3 is 2.58 bits per heavy atom. The van der Waals surface area contributed by atoms with Gasteiger partial charge in [0.15, 0.2) is 0 Å². The minimum Gasteiger partial charge on any atom is -0.472 e. The second-order valence-electron chi connectivity index (χ2n) is 4.94. The molecule has 0 atom stereocenters. The van der Waals surface area contributed by atoms with Crippen LogP contribution in [0.4, 0.5) is 13.2 Å². The smallest absolute Gasteiger partial charge is 0.425 e. The lowest BCUT2D eigenvalue weighted by Gasteiger charge is -2.08. The van der Waals surface area contributed by atoms with Gasteiger partial charge in [0, 0.05) is 28.5 Å². The summed E-state index contributed by atoms with van der Waals surface area (Å²) >= 11 is 2.15. The predicted molar refractivity (Wildman–Crippen MR) is 87.0 cm³/mol. The van der Waals surface area contributed by atoms with Crippen molar-refractivity contribution < 1.29 is 22.6 Å². The number of halogens is 3. The SMILES string of the molecule is Cc1cc(OCc2cccs2)nc(Oc2csc(C(F)(F)F)c2)c1. The molecular formula is C16H12F3NO2S2. The van der Waals surface area contributed by atoms with Crippen molar-refractivity contribution in [1.82, 2.24) is 4.98 Å². The van der Waals surface area contributed by atoms with Gasteiger partial charge in [0.05, 0.1) is 0 Å². The molecule has 8 heteroatoms. The highest BCUT2D eigenvalue weighted by molar-refractivity contribution is 7.10. The Morgan fingerprint density at radius 2 is 1.92 bits per heavy atom. The van der Waals surface area contributed by atoms with Crippen LogP contribution in [0.2, 0.25) is 0 Å². The van der Waals surface area contributed by atoms with Crippen molar-refractivity contribution in [3.63, 3.8) is 0 Å². The number of aromatic nitrogens is 1. The topological polar surface area (TPSA) is 31.4 Å². The van der Waals surface area contributed by atoms with Crippen molar-refractivity contribution in [2.24, 2.45) is 0 Å². The fourth-order valence-electron chi connectivity index (χ4n) is 1.91. The second kappa shape index (κ2) is 6.82. The summed E-state index contributed by atoms with van der Waals surface area (Å²) in [5.41, 5.74) is 0.840. The van der Waals surface area contributed by atoms with E-state index >= 15 is 0 Å². The maximum atomic E-state index is 12.6. The third-order valence-corrected chi connectivity index (χ3v) is 4.75. The zero-order valence-corrected chi connectivity index (χ0v) is 14.1. The number of ether oxygens (including phenoxy) is 2. The third-order valence-electron chi connectivity index (χ3n) is 2.94. The first kappa shape index (κ1) is 16.8. The number of hydrogen-bond acceptors (Lipinski definition) is 5. The highest BCUT2D eigenvalue weighted by atomic mass is 32.1. The highest BCUT2D eigenvalue weighted by Crippen LogP contribution is 2.37. The molecule has 0 spiro atoms.